The first-order valence-corrected chi connectivity index (χ1v) is 9.88. The van der Waals surface area contributed by atoms with Gasteiger partial charge in [0.1, 0.15) is 23.8 Å². The second-order valence-electron chi connectivity index (χ2n) is 7.22. The summed E-state index contributed by atoms with van der Waals surface area (Å²) < 4.78 is 16.6. The zero-order chi connectivity index (χ0) is 17.7. The number of hydrogen-bond acceptors (Lipinski definition) is 4. The normalized spacial score (nSPS) is 18.6. The van der Waals surface area contributed by atoms with Crippen molar-refractivity contribution < 1.29 is 4.39 Å². The Balaban J connectivity index is 1.34. The van der Waals surface area contributed by atoms with Crippen LogP contribution in [0.5, 0.6) is 0 Å². The van der Waals surface area contributed by atoms with Crippen molar-refractivity contribution in [1.82, 2.24) is 19.7 Å². The summed E-state index contributed by atoms with van der Waals surface area (Å²) in [7, 11) is 0. The lowest BCUT2D eigenvalue weighted by Crippen LogP contribution is -2.34. The van der Waals surface area contributed by atoms with Crippen LogP contribution in [0.2, 0.25) is 0 Å². The summed E-state index contributed by atoms with van der Waals surface area (Å²) in [4.78, 5) is 6.96. The molecule has 26 heavy (non-hydrogen) atoms. The summed E-state index contributed by atoms with van der Waals surface area (Å²) >= 11 is 3.23. The van der Waals surface area contributed by atoms with Gasteiger partial charge in [-0.2, -0.15) is 0 Å². The van der Waals surface area contributed by atoms with Crippen LogP contribution in [0, 0.1) is 5.82 Å². The molecule has 0 unspecified atom stereocenters. The molecule has 1 aromatic carbocycles. The predicted molar refractivity (Wildman–Crippen MR) is 102 cm³/mol. The van der Waals surface area contributed by atoms with Gasteiger partial charge in [0, 0.05) is 36.5 Å². The van der Waals surface area contributed by atoms with Crippen LogP contribution >= 0.6 is 15.9 Å². The van der Waals surface area contributed by atoms with E-state index >= 15 is 0 Å². The van der Waals surface area contributed by atoms with Crippen molar-refractivity contribution >= 4 is 32.7 Å². The number of rotatable bonds is 3. The molecule has 0 amide bonds. The summed E-state index contributed by atoms with van der Waals surface area (Å²) in [5, 5.41) is 9.46. The third-order valence-electron chi connectivity index (χ3n) is 5.44. The molecular formula is C19H19BrFN5. The van der Waals surface area contributed by atoms with E-state index in [1.54, 1.807) is 6.07 Å². The molecule has 2 aromatic heterocycles. The largest absolute Gasteiger partial charge is 0.357 e. The highest BCUT2D eigenvalue weighted by molar-refractivity contribution is 9.10. The monoisotopic (exact) mass is 415 g/mol. The molecule has 7 heteroatoms. The van der Waals surface area contributed by atoms with Gasteiger partial charge in [-0.15, -0.1) is 10.2 Å². The van der Waals surface area contributed by atoms with Gasteiger partial charge in [0.05, 0.1) is 9.99 Å². The quantitative estimate of drug-likeness (QED) is 0.633. The Morgan fingerprint density at radius 2 is 1.88 bits per heavy atom. The molecule has 1 saturated heterocycles. The molecule has 0 radical (unpaired) electrons. The fraction of sp³-hybridized carbons (Fsp3) is 0.421. The second kappa shape index (κ2) is 6.30. The van der Waals surface area contributed by atoms with Gasteiger partial charge in [-0.05, 0) is 59.8 Å². The lowest BCUT2D eigenvalue weighted by Gasteiger charge is -2.32. The SMILES string of the molecule is Fc1cc2nc(N3CCC(c4nncn4C4CC4)CC3)ccc2cc1Br. The van der Waals surface area contributed by atoms with E-state index in [1.165, 1.54) is 18.9 Å². The zero-order valence-corrected chi connectivity index (χ0v) is 15.9. The molecule has 1 saturated carbocycles. The first-order chi connectivity index (χ1) is 12.7. The standard InChI is InChI=1S/C19H19BrFN5/c20-15-9-13-1-4-18(23-17(13)10-16(15)21)25-7-5-12(6-8-25)19-24-22-11-26(19)14-2-3-14/h1,4,9-12,14H,2-3,5-8H2. The number of hydrogen-bond donors (Lipinski definition) is 0. The van der Waals surface area contributed by atoms with Crippen LogP contribution in [0.4, 0.5) is 10.2 Å². The maximum absolute atomic E-state index is 13.8. The van der Waals surface area contributed by atoms with Gasteiger partial charge in [0.2, 0.25) is 0 Å². The van der Waals surface area contributed by atoms with Crippen LogP contribution in [0.3, 0.4) is 0 Å². The number of nitrogens with zero attached hydrogens (tertiary/aromatic N) is 5. The van der Waals surface area contributed by atoms with Crippen LogP contribution in [0.15, 0.2) is 35.1 Å². The van der Waals surface area contributed by atoms with Crippen LogP contribution in [-0.4, -0.2) is 32.8 Å². The van der Waals surface area contributed by atoms with E-state index in [9.17, 15) is 4.39 Å². The fourth-order valence-electron chi connectivity index (χ4n) is 3.83. The number of pyridine rings is 1. The van der Waals surface area contributed by atoms with Gasteiger partial charge in [-0.25, -0.2) is 9.37 Å². The van der Waals surface area contributed by atoms with E-state index in [4.69, 9.17) is 0 Å². The molecule has 1 aliphatic carbocycles. The molecule has 5 nitrogen and oxygen atoms in total. The van der Waals surface area contributed by atoms with Crippen LogP contribution in [0.1, 0.15) is 43.5 Å². The third-order valence-corrected chi connectivity index (χ3v) is 6.05. The molecule has 0 atom stereocenters. The van der Waals surface area contributed by atoms with Crippen molar-refractivity contribution in [2.75, 3.05) is 18.0 Å². The highest BCUT2D eigenvalue weighted by Gasteiger charge is 2.31. The van der Waals surface area contributed by atoms with E-state index < -0.39 is 0 Å². The number of benzene rings is 1. The first kappa shape index (κ1) is 16.2. The van der Waals surface area contributed by atoms with E-state index in [-0.39, 0.29) is 5.82 Å². The highest BCUT2D eigenvalue weighted by Crippen LogP contribution is 2.38. The van der Waals surface area contributed by atoms with Crippen molar-refractivity contribution in [3.05, 3.63) is 46.7 Å². The minimum absolute atomic E-state index is 0.278. The van der Waals surface area contributed by atoms with Crippen molar-refractivity contribution in [3.8, 4) is 0 Å². The lowest BCUT2D eigenvalue weighted by molar-refractivity contribution is 0.463. The summed E-state index contributed by atoms with van der Waals surface area (Å²) in [6.07, 6.45) is 6.46. The van der Waals surface area contributed by atoms with Gasteiger partial charge < -0.3 is 9.47 Å². The Morgan fingerprint density at radius 1 is 1.08 bits per heavy atom. The molecule has 0 spiro atoms. The van der Waals surface area contributed by atoms with Gasteiger partial charge in [-0.1, -0.05) is 0 Å². The fourth-order valence-corrected chi connectivity index (χ4v) is 4.19. The maximum Gasteiger partial charge on any atom is 0.139 e. The summed E-state index contributed by atoms with van der Waals surface area (Å²) in [6, 6.07) is 7.93. The Kier molecular flexibility index (Phi) is 3.92. The Hall–Kier alpha value is -2.02. The molecule has 134 valence electrons. The molecule has 1 aliphatic heterocycles. The molecule has 2 aliphatic rings. The van der Waals surface area contributed by atoms with E-state index in [2.05, 4.69) is 40.6 Å². The van der Waals surface area contributed by atoms with Crippen molar-refractivity contribution in [2.45, 2.75) is 37.6 Å². The van der Waals surface area contributed by atoms with Crippen molar-refractivity contribution in [3.63, 3.8) is 0 Å². The average Bonchev–Trinajstić information content (AvgIpc) is 3.39. The highest BCUT2D eigenvalue weighted by atomic mass is 79.9. The van der Waals surface area contributed by atoms with Gasteiger partial charge in [0.25, 0.3) is 0 Å². The smallest absolute Gasteiger partial charge is 0.139 e. The minimum atomic E-state index is -0.278. The van der Waals surface area contributed by atoms with Gasteiger partial charge in [0.15, 0.2) is 0 Å². The molecule has 3 heterocycles. The molecule has 5 rings (SSSR count). The van der Waals surface area contributed by atoms with Crippen molar-refractivity contribution in [2.24, 2.45) is 0 Å². The van der Waals surface area contributed by atoms with Crippen molar-refractivity contribution in [1.29, 1.82) is 0 Å². The third kappa shape index (κ3) is 2.88. The van der Waals surface area contributed by atoms with Crippen LogP contribution in [0.25, 0.3) is 10.9 Å². The number of anilines is 1. The maximum atomic E-state index is 13.8. The predicted octanol–water partition coefficient (Wildman–Crippen LogP) is 4.45. The van der Waals surface area contributed by atoms with E-state index in [0.29, 0.717) is 21.9 Å². The molecule has 2 fully saturated rings. The van der Waals surface area contributed by atoms with Crippen LogP contribution in [-0.2, 0) is 0 Å². The summed E-state index contributed by atoms with van der Waals surface area (Å²) in [5.74, 6) is 2.25. The Bertz CT molecular complexity index is 960. The molecule has 0 N–H and O–H groups in total. The number of piperidine rings is 1. The number of halogens is 2. The second-order valence-corrected chi connectivity index (χ2v) is 8.07. The summed E-state index contributed by atoms with van der Waals surface area (Å²) in [5.41, 5.74) is 0.693. The number of fused-ring (bicyclic) bond motifs is 1. The molecule has 3 aromatic rings. The topological polar surface area (TPSA) is 46.8 Å². The number of aromatic nitrogens is 4. The minimum Gasteiger partial charge on any atom is -0.357 e. The molecular weight excluding hydrogens is 397 g/mol. The van der Waals surface area contributed by atoms with E-state index in [0.717, 1.165) is 43.0 Å². The van der Waals surface area contributed by atoms with Gasteiger partial charge in [-0.3, -0.25) is 0 Å². The van der Waals surface area contributed by atoms with Gasteiger partial charge >= 0.3 is 0 Å². The van der Waals surface area contributed by atoms with Crippen LogP contribution < -0.4 is 4.90 Å². The Labute approximate surface area is 159 Å². The van der Waals surface area contributed by atoms with E-state index in [1.807, 2.05) is 18.5 Å². The average molecular weight is 416 g/mol. The summed E-state index contributed by atoms with van der Waals surface area (Å²) in [6.45, 7) is 1.86. The first-order valence-electron chi connectivity index (χ1n) is 9.09. The Morgan fingerprint density at radius 3 is 2.65 bits per heavy atom. The lowest BCUT2D eigenvalue weighted by atomic mass is 9.96. The zero-order valence-electron chi connectivity index (χ0n) is 14.3. The molecule has 0 bridgehead atoms.